The highest BCUT2D eigenvalue weighted by Crippen LogP contribution is 2.17. The van der Waals surface area contributed by atoms with E-state index in [-0.39, 0.29) is 19.1 Å². The number of ether oxygens (including phenoxy) is 2. The molecule has 1 rings (SSSR count). The Bertz CT molecular complexity index is 387. The Balaban J connectivity index is 2.69. The maximum absolute atomic E-state index is 12.2. The molecule has 112 valence electrons. The van der Waals surface area contributed by atoms with Crippen molar-refractivity contribution in [2.45, 2.75) is 44.5 Å². The van der Waals surface area contributed by atoms with Crippen molar-refractivity contribution in [2.24, 2.45) is 0 Å². The van der Waals surface area contributed by atoms with Crippen LogP contribution in [0.4, 0.5) is 0 Å². The van der Waals surface area contributed by atoms with E-state index in [9.17, 15) is 13.2 Å². The van der Waals surface area contributed by atoms with E-state index in [1.54, 1.807) is 13.8 Å². The maximum atomic E-state index is 12.2. The zero-order valence-corrected chi connectivity index (χ0v) is 12.6. The quantitative estimate of drug-likeness (QED) is 0.648. The molecule has 0 radical (unpaired) electrons. The first-order valence-corrected chi connectivity index (χ1v) is 8.05. The summed E-state index contributed by atoms with van der Waals surface area (Å²) in [6.07, 6.45) is 1.82. The average Bonchev–Trinajstić information content (AvgIpc) is 2.86. The molecule has 0 amide bonds. The molecule has 0 N–H and O–H groups in total. The lowest BCUT2D eigenvalue weighted by atomic mass is 10.2. The Morgan fingerprint density at radius 3 is 2.63 bits per heavy atom. The van der Waals surface area contributed by atoms with Crippen molar-refractivity contribution in [3.05, 3.63) is 0 Å². The summed E-state index contributed by atoms with van der Waals surface area (Å²) in [6, 6.07) is 0. The molecular formula is C12H23NO5S. The Morgan fingerprint density at radius 2 is 2.16 bits per heavy atom. The van der Waals surface area contributed by atoms with Gasteiger partial charge < -0.3 is 9.47 Å². The highest BCUT2D eigenvalue weighted by atomic mass is 32.2. The molecule has 0 saturated carbocycles. The van der Waals surface area contributed by atoms with Crippen LogP contribution in [0, 0.1) is 0 Å². The third-order valence-electron chi connectivity index (χ3n) is 3.18. The number of carbonyl (C=O) groups excluding carboxylic acids is 1. The first-order valence-electron chi connectivity index (χ1n) is 6.55. The van der Waals surface area contributed by atoms with Crippen LogP contribution in [0.1, 0.15) is 33.1 Å². The first kappa shape index (κ1) is 16.4. The molecule has 1 atom stereocenters. The van der Waals surface area contributed by atoms with Crippen LogP contribution in [0.3, 0.4) is 0 Å². The van der Waals surface area contributed by atoms with Gasteiger partial charge in [0, 0.05) is 19.7 Å². The molecule has 1 heterocycles. The van der Waals surface area contributed by atoms with Gasteiger partial charge in [-0.25, -0.2) is 8.42 Å². The summed E-state index contributed by atoms with van der Waals surface area (Å²) in [4.78, 5) is 11.2. The molecular weight excluding hydrogens is 270 g/mol. The van der Waals surface area contributed by atoms with Gasteiger partial charge >= 0.3 is 5.97 Å². The number of nitrogens with zero attached hydrogens (tertiary/aromatic N) is 1. The van der Waals surface area contributed by atoms with Gasteiger partial charge in [-0.15, -0.1) is 0 Å². The van der Waals surface area contributed by atoms with Gasteiger partial charge in [0.1, 0.15) is 0 Å². The number of rotatable bonds is 7. The number of sulfonamides is 1. The highest BCUT2D eigenvalue weighted by Gasteiger charge is 2.30. The zero-order valence-electron chi connectivity index (χ0n) is 11.8. The number of hydrogen-bond donors (Lipinski definition) is 0. The molecule has 1 fully saturated rings. The molecule has 0 aromatic carbocycles. The molecule has 0 bridgehead atoms. The third kappa shape index (κ3) is 4.74. The van der Waals surface area contributed by atoms with Gasteiger partial charge in [-0.3, -0.25) is 4.79 Å². The fourth-order valence-corrected chi connectivity index (χ4v) is 3.27. The van der Waals surface area contributed by atoms with E-state index in [0.29, 0.717) is 13.2 Å². The van der Waals surface area contributed by atoms with Gasteiger partial charge in [-0.1, -0.05) is 0 Å². The van der Waals surface area contributed by atoms with E-state index < -0.39 is 21.2 Å². The summed E-state index contributed by atoms with van der Waals surface area (Å²) in [5.41, 5.74) is 0. The molecule has 1 unspecified atom stereocenters. The predicted octanol–water partition coefficient (Wildman–Crippen LogP) is 0.769. The van der Waals surface area contributed by atoms with E-state index in [1.807, 2.05) is 0 Å². The number of carbonyl (C=O) groups is 1. The second-order valence-corrected chi connectivity index (χ2v) is 7.40. The van der Waals surface area contributed by atoms with Crippen molar-refractivity contribution >= 4 is 16.0 Å². The molecule has 0 aromatic heterocycles. The minimum atomic E-state index is -3.38. The molecule has 1 saturated heterocycles. The van der Waals surface area contributed by atoms with E-state index in [4.69, 9.17) is 4.74 Å². The summed E-state index contributed by atoms with van der Waals surface area (Å²) in [5, 5.41) is -0.508. The van der Waals surface area contributed by atoms with Gasteiger partial charge in [-0.05, 0) is 26.7 Å². The fourth-order valence-electron chi connectivity index (χ4n) is 1.95. The van der Waals surface area contributed by atoms with Crippen LogP contribution in [-0.4, -0.2) is 56.9 Å². The Hall–Kier alpha value is -0.660. The summed E-state index contributed by atoms with van der Waals surface area (Å²) in [7, 11) is -2.09. The first-order chi connectivity index (χ1) is 8.87. The van der Waals surface area contributed by atoms with Gasteiger partial charge in [0.2, 0.25) is 10.0 Å². The van der Waals surface area contributed by atoms with Crippen LogP contribution < -0.4 is 0 Å². The van der Waals surface area contributed by atoms with E-state index in [1.165, 1.54) is 11.4 Å². The van der Waals surface area contributed by atoms with Gasteiger partial charge in [0.25, 0.3) is 0 Å². The van der Waals surface area contributed by atoms with Gasteiger partial charge in [-0.2, -0.15) is 4.31 Å². The highest BCUT2D eigenvalue weighted by molar-refractivity contribution is 7.89. The predicted molar refractivity (Wildman–Crippen MR) is 71.2 cm³/mol. The molecule has 1 aliphatic heterocycles. The normalized spacial score (nSPS) is 20.2. The lowest BCUT2D eigenvalue weighted by Crippen LogP contribution is -2.42. The van der Waals surface area contributed by atoms with Crippen LogP contribution in [-0.2, 0) is 24.3 Å². The van der Waals surface area contributed by atoms with E-state index >= 15 is 0 Å². The van der Waals surface area contributed by atoms with Crippen LogP contribution in [0.15, 0.2) is 0 Å². The molecule has 0 aliphatic carbocycles. The van der Waals surface area contributed by atoms with Gasteiger partial charge in [0.05, 0.1) is 24.9 Å². The molecule has 7 heteroatoms. The van der Waals surface area contributed by atoms with Crippen molar-refractivity contribution < 1.29 is 22.7 Å². The Morgan fingerprint density at radius 1 is 1.47 bits per heavy atom. The summed E-state index contributed by atoms with van der Waals surface area (Å²) in [5.74, 6) is -0.406. The largest absolute Gasteiger partial charge is 0.469 e. The monoisotopic (exact) mass is 293 g/mol. The van der Waals surface area contributed by atoms with E-state index in [0.717, 1.165) is 12.8 Å². The Labute approximate surface area is 115 Å². The van der Waals surface area contributed by atoms with Crippen molar-refractivity contribution in [1.82, 2.24) is 4.31 Å². The molecule has 0 spiro atoms. The molecule has 0 aromatic rings. The second-order valence-electron chi connectivity index (χ2n) is 4.91. The number of esters is 1. The summed E-state index contributed by atoms with van der Waals surface area (Å²) >= 11 is 0. The van der Waals surface area contributed by atoms with Crippen molar-refractivity contribution in [3.63, 3.8) is 0 Å². The minimum absolute atomic E-state index is 0.0637. The van der Waals surface area contributed by atoms with Crippen LogP contribution in [0.2, 0.25) is 0 Å². The minimum Gasteiger partial charge on any atom is -0.469 e. The third-order valence-corrected chi connectivity index (χ3v) is 5.42. The smallest absolute Gasteiger partial charge is 0.306 e. The lowest BCUT2D eigenvalue weighted by Gasteiger charge is -2.26. The van der Waals surface area contributed by atoms with Crippen molar-refractivity contribution in [1.29, 1.82) is 0 Å². The molecule has 6 nitrogen and oxygen atoms in total. The topological polar surface area (TPSA) is 72.9 Å². The van der Waals surface area contributed by atoms with Crippen LogP contribution >= 0.6 is 0 Å². The van der Waals surface area contributed by atoms with Crippen molar-refractivity contribution in [2.75, 3.05) is 26.8 Å². The zero-order chi connectivity index (χ0) is 14.5. The number of hydrogen-bond acceptors (Lipinski definition) is 5. The van der Waals surface area contributed by atoms with Crippen LogP contribution in [0.5, 0.6) is 0 Å². The average molecular weight is 293 g/mol. The standard InChI is InChI=1S/C12H23NO5S/c1-10(2)19(15,16)13(7-6-12(14)17-3)9-11-5-4-8-18-11/h10-11H,4-9H2,1-3H3. The van der Waals surface area contributed by atoms with Gasteiger partial charge in [0.15, 0.2) is 0 Å². The molecule has 19 heavy (non-hydrogen) atoms. The van der Waals surface area contributed by atoms with E-state index in [2.05, 4.69) is 4.74 Å². The number of methoxy groups -OCH3 is 1. The van der Waals surface area contributed by atoms with Crippen LogP contribution in [0.25, 0.3) is 0 Å². The second kappa shape index (κ2) is 7.21. The summed E-state index contributed by atoms with van der Waals surface area (Å²) < 4.78 is 35.8. The fraction of sp³-hybridized carbons (Fsp3) is 0.917. The SMILES string of the molecule is COC(=O)CCN(CC1CCCO1)S(=O)(=O)C(C)C. The summed E-state index contributed by atoms with van der Waals surface area (Å²) in [6.45, 7) is 4.41. The Kier molecular flexibility index (Phi) is 6.22. The lowest BCUT2D eigenvalue weighted by molar-refractivity contribution is -0.140. The molecule has 1 aliphatic rings. The van der Waals surface area contributed by atoms with Crippen molar-refractivity contribution in [3.8, 4) is 0 Å². The maximum Gasteiger partial charge on any atom is 0.306 e.